The molecule has 0 saturated heterocycles. The third-order valence-corrected chi connectivity index (χ3v) is 4.10. The molecule has 0 aliphatic heterocycles. The van der Waals surface area contributed by atoms with Crippen molar-refractivity contribution < 1.29 is 0 Å². The molecule has 1 aromatic heterocycles. The molecule has 0 radical (unpaired) electrons. The molecular formula is C16H23N3. The highest BCUT2D eigenvalue weighted by Gasteiger charge is 2.27. The van der Waals surface area contributed by atoms with Crippen molar-refractivity contribution in [3.05, 3.63) is 30.1 Å². The standard InChI is InChI=1S/C16H23N3/c1-12(10-11-17)6-9-16-18-14-4-2-3-5-15(14)19(16)13-7-8-13/h2-5,12-13H,6-11,17H2,1H3. The summed E-state index contributed by atoms with van der Waals surface area (Å²) in [6, 6.07) is 9.22. The number of para-hydroxylation sites is 2. The molecule has 1 aliphatic rings. The predicted octanol–water partition coefficient (Wildman–Crippen LogP) is 3.29. The van der Waals surface area contributed by atoms with E-state index in [1.54, 1.807) is 0 Å². The van der Waals surface area contributed by atoms with Gasteiger partial charge in [-0.15, -0.1) is 0 Å². The van der Waals surface area contributed by atoms with E-state index in [0.29, 0.717) is 12.0 Å². The highest BCUT2D eigenvalue weighted by molar-refractivity contribution is 5.76. The van der Waals surface area contributed by atoms with Gasteiger partial charge in [-0.2, -0.15) is 0 Å². The fraction of sp³-hybridized carbons (Fsp3) is 0.562. The van der Waals surface area contributed by atoms with Crippen molar-refractivity contribution in [2.75, 3.05) is 6.54 Å². The molecule has 1 aliphatic carbocycles. The van der Waals surface area contributed by atoms with E-state index in [-0.39, 0.29) is 0 Å². The first-order valence-electron chi connectivity index (χ1n) is 7.45. The van der Waals surface area contributed by atoms with Crippen molar-refractivity contribution in [1.29, 1.82) is 0 Å². The van der Waals surface area contributed by atoms with Gasteiger partial charge in [0.15, 0.2) is 0 Å². The van der Waals surface area contributed by atoms with Gasteiger partial charge in [0, 0.05) is 12.5 Å². The summed E-state index contributed by atoms with van der Waals surface area (Å²) in [5.74, 6) is 1.96. The Labute approximate surface area is 114 Å². The van der Waals surface area contributed by atoms with Crippen molar-refractivity contribution in [2.24, 2.45) is 11.7 Å². The molecule has 1 saturated carbocycles. The summed E-state index contributed by atoms with van der Waals surface area (Å²) in [6.45, 7) is 3.08. The van der Waals surface area contributed by atoms with Crippen molar-refractivity contribution in [3.63, 3.8) is 0 Å². The number of hydrogen-bond donors (Lipinski definition) is 1. The molecule has 19 heavy (non-hydrogen) atoms. The molecule has 0 amide bonds. The molecule has 1 heterocycles. The van der Waals surface area contributed by atoms with Gasteiger partial charge in [0.25, 0.3) is 0 Å². The Balaban J connectivity index is 1.83. The van der Waals surface area contributed by atoms with Crippen LogP contribution >= 0.6 is 0 Å². The van der Waals surface area contributed by atoms with Crippen molar-refractivity contribution in [3.8, 4) is 0 Å². The van der Waals surface area contributed by atoms with Crippen LogP contribution in [0.1, 0.15) is 44.5 Å². The van der Waals surface area contributed by atoms with E-state index < -0.39 is 0 Å². The average Bonchev–Trinajstić information content (AvgIpc) is 3.17. The molecule has 3 heteroatoms. The maximum absolute atomic E-state index is 5.63. The molecule has 0 spiro atoms. The largest absolute Gasteiger partial charge is 0.330 e. The summed E-state index contributed by atoms with van der Waals surface area (Å²) < 4.78 is 2.48. The van der Waals surface area contributed by atoms with Crippen LogP contribution in [-0.2, 0) is 6.42 Å². The Kier molecular flexibility index (Phi) is 3.56. The van der Waals surface area contributed by atoms with Gasteiger partial charge in [0.05, 0.1) is 11.0 Å². The molecule has 1 aromatic carbocycles. The lowest BCUT2D eigenvalue weighted by molar-refractivity contribution is 0.487. The Morgan fingerprint density at radius 2 is 2.11 bits per heavy atom. The molecule has 1 fully saturated rings. The minimum absolute atomic E-state index is 0.692. The molecule has 1 atom stereocenters. The van der Waals surface area contributed by atoms with E-state index in [4.69, 9.17) is 10.7 Å². The molecule has 0 bridgehead atoms. The molecule has 2 N–H and O–H groups in total. The van der Waals surface area contributed by atoms with Gasteiger partial charge in [-0.05, 0) is 50.3 Å². The highest BCUT2D eigenvalue weighted by atomic mass is 15.1. The fourth-order valence-electron chi connectivity index (χ4n) is 2.82. The SMILES string of the molecule is CC(CCN)CCc1nc2ccccc2n1C1CC1. The minimum atomic E-state index is 0.692. The second kappa shape index (κ2) is 5.33. The number of rotatable bonds is 6. The van der Waals surface area contributed by atoms with Gasteiger partial charge >= 0.3 is 0 Å². The Morgan fingerprint density at radius 3 is 2.84 bits per heavy atom. The van der Waals surface area contributed by atoms with Gasteiger partial charge in [0.2, 0.25) is 0 Å². The second-order valence-corrected chi connectivity index (χ2v) is 5.84. The first kappa shape index (κ1) is 12.7. The van der Waals surface area contributed by atoms with Crippen LogP contribution < -0.4 is 5.73 Å². The van der Waals surface area contributed by atoms with Crippen molar-refractivity contribution in [1.82, 2.24) is 9.55 Å². The number of benzene rings is 1. The average molecular weight is 257 g/mol. The third-order valence-electron chi connectivity index (χ3n) is 4.10. The number of nitrogens with two attached hydrogens (primary N) is 1. The summed E-state index contributed by atoms with van der Waals surface area (Å²) in [5, 5.41) is 0. The number of aryl methyl sites for hydroxylation is 1. The lowest BCUT2D eigenvalue weighted by atomic mass is 10.0. The first-order valence-corrected chi connectivity index (χ1v) is 7.45. The minimum Gasteiger partial charge on any atom is -0.330 e. The Hall–Kier alpha value is -1.35. The zero-order valence-corrected chi connectivity index (χ0v) is 11.7. The summed E-state index contributed by atoms with van der Waals surface area (Å²) in [4.78, 5) is 4.84. The van der Waals surface area contributed by atoms with E-state index in [1.165, 1.54) is 30.6 Å². The lowest BCUT2D eigenvalue weighted by Gasteiger charge is -2.11. The third kappa shape index (κ3) is 2.66. The quantitative estimate of drug-likeness (QED) is 0.863. The van der Waals surface area contributed by atoms with Crippen LogP contribution in [0.3, 0.4) is 0 Å². The van der Waals surface area contributed by atoms with Crippen LogP contribution in [0.15, 0.2) is 24.3 Å². The van der Waals surface area contributed by atoms with Crippen LogP contribution in [0.25, 0.3) is 11.0 Å². The van der Waals surface area contributed by atoms with Gasteiger partial charge in [-0.25, -0.2) is 4.98 Å². The topological polar surface area (TPSA) is 43.8 Å². The summed E-state index contributed by atoms with van der Waals surface area (Å²) in [5.41, 5.74) is 8.09. The maximum Gasteiger partial charge on any atom is 0.110 e. The summed E-state index contributed by atoms with van der Waals surface area (Å²) in [7, 11) is 0. The number of aromatic nitrogens is 2. The number of fused-ring (bicyclic) bond motifs is 1. The van der Waals surface area contributed by atoms with Gasteiger partial charge < -0.3 is 10.3 Å². The zero-order chi connectivity index (χ0) is 13.2. The summed E-state index contributed by atoms with van der Waals surface area (Å²) >= 11 is 0. The van der Waals surface area contributed by atoms with Crippen LogP contribution in [0.2, 0.25) is 0 Å². The van der Waals surface area contributed by atoms with Crippen LogP contribution in [0, 0.1) is 5.92 Å². The zero-order valence-electron chi connectivity index (χ0n) is 11.7. The van der Waals surface area contributed by atoms with E-state index >= 15 is 0 Å². The first-order chi connectivity index (χ1) is 9.29. The van der Waals surface area contributed by atoms with Crippen LogP contribution in [0.4, 0.5) is 0 Å². The number of hydrogen-bond acceptors (Lipinski definition) is 2. The molecule has 3 rings (SSSR count). The smallest absolute Gasteiger partial charge is 0.110 e. The van der Waals surface area contributed by atoms with Crippen molar-refractivity contribution in [2.45, 2.75) is 45.1 Å². The maximum atomic E-state index is 5.63. The van der Waals surface area contributed by atoms with Crippen LogP contribution in [0.5, 0.6) is 0 Å². The number of imidazole rings is 1. The van der Waals surface area contributed by atoms with E-state index in [1.807, 2.05) is 0 Å². The van der Waals surface area contributed by atoms with Crippen LogP contribution in [-0.4, -0.2) is 16.1 Å². The van der Waals surface area contributed by atoms with E-state index in [9.17, 15) is 0 Å². The molecular weight excluding hydrogens is 234 g/mol. The van der Waals surface area contributed by atoms with E-state index in [0.717, 1.165) is 24.9 Å². The molecule has 102 valence electrons. The van der Waals surface area contributed by atoms with Gasteiger partial charge in [0.1, 0.15) is 5.82 Å². The number of nitrogens with zero attached hydrogens (tertiary/aromatic N) is 2. The fourth-order valence-corrected chi connectivity index (χ4v) is 2.82. The lowest BCUT2D eigenvalue weighted by Crippen LogP contribution is -2.08. The normalized spacial score (nSPS) is 16.9. The van der Waals surface area contributed by atoms with Crippen molar-refractivity contribution >= 4 is 11.0 Å². The summed E-state index contributed by atoms with van der Waals surface area (Å²) in [6.07, 6.45) is 6.00. The Bertz CT molecular complexity index is 554. The molecule has 2 aromatic rings. The monoisotopic (exact) mass is 257 g/mol. The van der Waals surface area contributed by atoms with E-state index in [2.05, 4.69) is 35.8 Å². The molecule has 1 unspecified atom stereocenters. The highest BCUT2D eigenvalue weighted by Crippen LogP contribution is 2.39. The van der Waals surface area contributed by atoms with Gasteiger partial charge in [-0.3, -0.25) is 0 Å². The molecule has 3 nitrogen and oxygen atoms in total. The second-order valence-electron chi connectivity index (χ2n) is 5.84. The van der Waals surface area contributed by atoms with Gasteiger partial charge in [-0.1, -0.05) is 19.1 Å². The Morgan fingerprint density at radius 1 is 1.32 bits per heavy atom. The predicted molar refractivity (Wildman–Crippen MR) is 79.2 cm³/mol.